The summed E-state index contributed by atoms with van der Waals surface area (Å²) in [6.07, 6.45) is 27.0. The highest BCUT2D eigenvalue weighted by Crippen LogP contribution is 2.64. The highest BCUT2D eigenvalue weighted by molar-refractivity contribution is 5.90. The van der Waals surface area contributed by atoms with Gasteiger partial charge in [-0.25, -0.2) is 38.4 Å². The number of carbonyl (C=O) groups excluding carboxylic acids is 10. The van der Waals surface area contributed by atoms with Crippen molar-refractivity contribution >= 4 is 59.7 Å². The summed E-state index contributed by atoms with van der Waals surface area (Å²) in [5, 5.41) is 10.4. The Morgan fingerprint density at radius 1 is 0.434 bits per heavy atom. The molecule has 106 heavy (non-hydrogen) atoms. The van der Waals surface area contributed by atoms with Crippen molar-refractivity contribution < 1.29 is 100 Å². The predicted octanol–water partition coefficient (Wildman–Crippen LogP) is 14.4. The van der Waals surface area contributed by atoms with Gasteiger partial charge in [0.1, 0.15) is 22.9 Å². The monoisotopic (exact) mass is 1480 g/mol. The first-order valence-corrected chi connectivity index (χ1v) is 40.1. The van der Waals surface area contributed by atoms with Crippen molar-refractivity contribution in [2.45, 2.75) is 298 Å². The predicted molar refractivity (Wildman–Crippen MR) is 392 cm³/mol. The lowest BCUT2D eigenvalue weighted by Crippen LogP contribution is -2.60. The van der Waals surface area contributed by atoms with Crippen LogP contribution in [0.4, 0.5) is 0 Å². The zero-order valence-corrected chi connectivity index (χ0v) is 66.0. The maximum Gasteiger partial charge on any atom is 0.347 e. The molecule has 2 aliphatic heterocycles. The summed E-state index contributed by atoms with van der Waals surface area (Å²) in [7, 11) is 0. The normalized spacial score (nSPS) is 36.9. The summed E-state index contributed by atoms with van der Waals surface area (Å²) in [5.74, 6) is 5.83. The Kier molecular flexibility index (Phi) is 27.0. The van der Waals surface area contributed by atoms with Crippen molar-refractivity contribution in [3.05, 3.63) is 48.6 Å². The molecule has 0 aromatic rings. The van der Waals surface area contributed by atoms with Gasteiger partial charge in [0.25, 0.3) is 0 Å². The van der Waals surface area contributed by atoms with Crippen LogP contribution >= 0.6 is 0 Å². The topological polar surface area (TPSA) is 283 Å². The molecule has 16 saturated carbocycles. The Morgan fingerprint density at radius 3 is 1.17 bits per heavy atom. The van der Waals surface area contributed by atoms with E-state index in [-0.39, 0.29) is 57.7 Å². The van der Waals surface area contributed by atoms with E-state index in [2.05, 4.69) is 56.6 Å². The highest BCUT2D eigenvalue weighted by Gasteiger charge is 2.62. The van der Waals surface area contributed by atoms with E-state index in [1.54, 1.807) is 27.7 Å². The molecule has 18 aliphatic rings. The SMILES string of the molecule is C=C(C)C(=O)OC1(CC)C2CC3CC(C2)CC1C3.C=C(C)C(=O)OC1C2CC3CC1CC(O)(C3)C2.C=C(C)C(=O)OC1CCOC1=O.C=C(C)C(=O)OCC(=O)OCC(=O)OC1(C)C2CC3CC(C2)CC1C3.CCC(C)(C)C(=O)OC1(CC)C2CC3CC(C2)CC1C3.CCC(C)(C)C(=O)OC1CCOC1=O. The summed E-state index contributed by atoms with van der Waals surface area (Å²) >= 11 is 0. The van der Waals surface area contributed by atoms with Gasteiger partial charge in [0.2, 0.25) is 12.2 Å². The minimum absolute atomic E-state index is 0.0241. The quantitative estimate of drug-likeness (QED) is 0.0673. The zero-order chi connectivity index (χ0) is 77.8. The van der Waals surface area contributed by atoms with Crippen molar-refractivity contribution in [3.63, 3.8) is 0 Å². The molecule has 4 atom stereocenters. The number of hydrogen-bond donors (Lipinski definition) is 1. The third-order valence-electron chi connectivity index (χ3n) is 27.4. The molecule has 2 saturated heterocycles. The first-order chi connectivity index (χ1) is 49.8. The largest absolute Gasteiger partial charge is 0.463 e. The molecule has 4 unspecified atom stereocenters. The van der Waals surface area contributed by atoms with Crippen LogP contribution in [0, 0.1) is 99.6 Å². The lowest BCUT2D eigenvalue weighted by molar-refractivity contribution is -0.218. The fourth-order valence-electron chi connectivity index (χ4n) is 21.5. The fraction of sp³-hybridized carbons (Fsp3) is 0.788. The summed E-state index contributed by atoms with van der Waals surface area (Å²) in [6, 6.07) is 0. The van der Waals surface area contributed by atoms with E-state index in [1.807, 2.05) is 27.7 Å². The van der Waals surface area contributed by atoms with Gasteiger partial charge in [-0.05, 0) is 305 Å². The summed E-state index contributed by atoms with van der Waals surface area (Å²) < 4.78 is 52.3. The number of aliphatic hydroxyl groups is 1. The lowest BCUT2D eigenvalue weighted by Gasteiger charge is -2.60. The number of carbonyl (C=O) groups is 10. The van der Waals surface area contributed by atoms with Gasteiger partial charge in [-0.3, -0.25) is 9.59 Å². The molecule has 0 radical (unpaired) electrons. The van der Waals surface area contributed by atoms with Crippen molar-refractivity contribution in [1.29, 1.82) is 0 Å². The van der Waals surface area contributed by atoms with E-state index in [1.165, 1.54) is 84.5 Å². The Hall–Kier alpha value is -6.38. The molecule has 592 valence electrons. The van der Waals surface area contributed by atoms with Crippen LogP contribution in [0.25, 0.3) is 0 Å². The summed E-state index contributed by atoms with van der Waals surface area (Å²) in [4.78, 5) is 115. The number of rotatable bonds is 20. The van der Waals surface area contributed by atoms with Gasteiger partial charge in [-0.1, -0.05) is 54.0 Å². The van der Waals surface area contributed by atoms with Crippen LogP contribution < -0.4 is 0 Å². The Bertz CT molecular complexity index is 3210. The van der Waals surface area contributed by atoms with Crippen LogP contribution in [0.5, 0.6) is 0 Å². The summed E-state index contributed by atoms with van der Waals surface area (Å²) in [6.45, 7) is 38.4. The average Bonchev–Trinajstić information content (AvgIpc) is 0.801. The number of cyclic esters (lactones) is 2. The van der Waals surface area contributed by atoms with Crippen molar-refractivity contribution in [2.24, 2.45) is 99.6 Å². The maximum absolute atomic E-state index is 12.6. The van der Waals surface area contributed by atoms with Crippen LogP contribution in [-0.4, -0.2) is 132 Å². The fourth-order valence-corrected chi connectivity index (χ4v) is 21.5. The van der Waals surface area contributed by atoms with Crippen molar-refractivity contribution in [2.75, 3.05) is 26.4 Å². The van der Waals surface area contributed by atoms with Crippen LogP contribution in [-0.2, 0) is 95.3 Å². The molecule has 16 bridgehead atoms. The molecule has 2 heterocycles. The third-order valence-corrected chi connectivity index (χ3v) is 27.4. The van der Waals surface area contributed by atoms with Gasteiger partial charge < -0.3 is 52.5 Å². The van der Waals surface area contributed by atoms with Gasteiger partial charge in [0.15, 0.2) is 13.2 Å². The molecule has 1 N–H and O–H groups in total. The Morgan fingerprint density at radius 2 is 0.802 bits per heavy atom. The second kappa shape index (κ2) is 34.3. The van der Waals surface area contributed by atoms with Crippen LogP contribution in [0.1, 0.15) is 257 Å². The minimum atomic E-state index is -0.776. The molecule has 21 nitrogen and oxygen atoms in total. The van der Waals surface area contributed by atoms with E-state index in [9.17, 15) is 53.1 Å². The second-order valence-corrected chi connectivity index (χ2v) is 36.1. The van der Waals surface area contributed by atoms with Crippen LogP contribution in [0.3, 0.4) is 0 Å². The summed E-state index contributed by atoms with van der Waals surface area (Å²) in [5.41, 5.74) is -0.558. The van der Waals surface area contributed by atoms with Crippen LogP contribution in [0.15, 0.2) is 48.6 Å². The molecular weight excluding hydrogens is 1360 g/mol. The number of hydrogen-bond acceptors (Lipinski definition) is 21. The molecule has 0 aromatic heterocycles. The zero-order valence-electron chi connectivity index (χ0n) is 66.0. The molecule has 0 aromatic carbocycles. The number of ether oxygens (including phenoxy) is 10. The van der Waals surface area contributed by atoms with Gasteiger partial charge >= 0.3 is 59.7 Å². The van der Waals surface area contributed by atoms with Gasteiger partial charge in [-0.15, -0.1) is 0 Å². The number of esters is 10. The molecular formula is C85H126O21. The van der Waals surface area contributed by atoms with E-state index in [4.69, 9.17) is 37.9 Å². The van der Waals surface area contributed by atoms with E-state index < -0.39 is 77.9 Å². The first-order valence-electron chi connectivity index (χ1n) is 40.1. The third kappa shape index (κ3) is 19.2. The minimum Gasteiger partial charge on any atom is -0.463 e. The molecule has 0 spiro atoms. The average molecular weight is 1480 g/mol. The molecule has 16 aliphatic carbocycles. The van der Waals surface area contributed by atoms with Crippen LogP contribution in [0.2, 0.25) is 0 Å². The lowest BCUT2D eigenvalue weighted by atomic mass is 9.49. The van der Waals surface area contributed by atoms with E-state index >= 15 is 0 Å². The van der Waals surface area contributed by atoms with Gasteiger partial charge in [-0.2, -0.15) is 0 Å². The molecule has 18 rings (SSSR count). The molecule has 18 fully saturated rings. The Balaban J connectivity index is 0.000000149. The van der Waals surface area contributed by atoms with Crippen molar-refractivity contribution in [1.82, 2.24) is 0 Å². The van der Waals surface area contributed by atoms with Crippen molar-refractivity contribution in [3.8, 4) is 0 Å². The van der Waals surface area contributed by atoms with E-state index in [0.717, 1.165) is 113 Å². The maximum atomic E-state index is 12.6. The standard InChI is InChI=1S/C19H26O6.C18H30O2.C16H24O2.C14H20O3.C10H16O4.C8H10O4/c1-11(2)18(22)24-9-16(20)23-10-17(21)25-19(3)14-5-12-4-13(7-14)8-15(19)6-12;1-5-17(3,4)16(19)20-18(6-2)14-8-12-7-13(10-14)11-15(18)9-12;1-4-16(18-15(17)10(2)3)13-6-11-5-12(8-13)9-14(16)7-11;1-8(2)13(15)17-12-10-3-9-4-11(12)7-14(16,5-9)6-10;1-4-10(2,3)9(12)14-7-5-6-13-8(7)11;1-5(2)7(9)12-6-3-4-11-8(6)10/h12-15H,1,4-10H2,2-3H3;12-15H,5-11H2,1-4H3;11-14H,2,4-9H2,1,3H3;9-12,16H,1,3-7H2,2H3;7H,4-6H2,1-3H3;6H,1,3-4H2,2H3. The Labute approximate surface area is 629 Å². The molecule has 0 amide bonds. The van der Waals surface area contributed by atoms with E-state index in [0.29, 0.717) is 96.9 Å². The molecule has 21 heteroatoms. The first kappa shape index (κ1) is 83.7. The smallest absolute Gasteiger partial charge is 0.347 e. The van der Waals surface area contributed by atoms with Gasteiger partial charge in [0, 0.05) is 35.1 Å². The highest BCUT2D eigenvalue weighted by atomic mass is 16.6. The second-order valence-electron chi connectivity index (χ2n) is 36.1. The van der Waals surface area contributed by atoms with Gasteiger partial charge in [0.05, 0.1) is 29.6 Å².